The molecule has 1 amide bonds. The minimum atomic E-state index is 0.169. The van der Waals surface area contributed by atoms with E-state index < -0.39 is 0 Å². The van der Waals surface area contributed by atoms with Gasteiger partial charge in [0.05, 0.1) is 13.2 Å². The minimum absolute atomic E-state index is 0.169. The Hall–Kier alpha value is -2.17. The quantitative estimate of drug-likeness (QED) is 0.835. The lowest BCUT2D eigenvalue weighted by Crippen LogP contribution is -2.31. The molecule has 2 aliphatic rings. The molecule has 0 bridgehead atoms. The number of amides is 1. The first-order valence-corrected chi connectivity index (χ1v) is 9.48. The summed E-state index contributed by atoms with van der Waals surface area (Å²) < 4.78 is 5.85. The summed E-state index contributed by atoms with van der Waals surface area (Å²) >= 11 is 0. The lowest BCUT2D eigenvalue weighted by Gasteiger charge is -2.23. The second kappa shape index (κ2) is 7.60. The molecule has 0 aromatic heterocycles. The van der Waals surface area contributed by atoms with E-state index in [2.05, 4.69) is 22.8 Å². The normalized spacial score (nSPS) is 20.7. The number of piperidine rings is 1. The maximum absolute atomic E-state index is 12.7. The molecule has 1 aliphatic heterocycles. The van der Waals surface area contributed by atoms with Crippen molar-refractivity contribution in [1.82, 2.24) is 5.32 Å². The van der Waals surface area contributed by atoms with Crippen LogP contribution in [0.1, 0.15) is 30.4 Å². The Kier molecular flexibility index (Phi) is 5.05. The molecule has 2 aromatic carbocycles. The standard InChI is InChI=1S/C22H26N2O2/c25-21(19-14-22(19)10-12-23-13-11-22)24-20-9-5-4-8-18(20)16-26-15-17-6-2-1-3-7-17/h1-9,19,23H,10-16H2,(H,24,25). The predicted molar refractivity (Wildman–Crippen MR) is 103 cm³/mol. The van der Waals surface area contributed by atoms with E-state index in [1.54, 1.807) is 0 Å². The molecule has 1 heterocycles. The summed E-state index contributed by atoms with van der Waals surface area (Å²) in [6, 6.07) is 18.1. The molecule has 0 radical (unpaired) electrons. The number of rotatable bonds is 6. The SMILES string of the molecule is O=C(Nc1ccccc1COCc1ccccc1)C1CC12CCNCC2. The molecule has 26 heavy (non-hydrogen) atoms. The Balaban J connectivity index is 1.34. The van der Waals surface area contributed by atoms with Gasteiger partial charge in [-0.25, -0.2) is 0 Å². The van der Waals surface area contributed by atoms with Crippen LogP contribution in [-0.2, 0) is 22.7 Å². The molecular weight excluding hydrogens is 324 g/mol. The predicted octanol–water partition coefficient (Wildman–Crippen LogP) is 3.73. The number of benzene rings is 2. The molecule has 4 nitrogen and oxygen atoms in total. The molecule has 4 rings (SSSR count). The van der Waals surface area contributed by atoms with Gasteiger partial charge in [-0.1, -0.05) is 48.5 Å². The van der Waals surface area contributed by atoms with E-state index in [4.69, 9.17) is 4.74 Å². The molecule has 2 N–H and O–H groups in total. The van der Waals surface area contributed by atoms with Crippen LogP contribution in [0.5, 0.6) is 0 Å². The van der Waals surface area contributed by atoms with Crippen molar-refractivity contribution >= 4 is 11.6 Å². The molecule has 1 saturated heterocycles. The summed E-state index contributed by atoms with van der Waals surface area (Å²) in [7, 11) is 0. The second-order valence-electron chi connectivity index (χ2n) is 7.49. The van der Waals surface area contributed by atoms with E-state index >= 15 is 0 Å². The van der Waals surface area contributed by atoms with Crippen LogP contribution in [-0.4, -0.2) is 19.0 Å². The highest BCUT2D eigenvalue weighted by atomic mass is 16.5. The Morgan fingerprint density at radius 1 is 1.04 bits per heavy atom. The van der Waals surface area contributed by atoms with Gasteiger partial charge in [0, 0.05) is 17.2 Å². The van der Waals surface area contributed by atoms with Gasteiger partial charge in [-0.3, -0.25) is 4.79 Å². The Labute approximate surface area is 155 Å². The molecule has 2 fully saturated rings. The Bertz CT molecular complexity index is 754. The third-order valence-electron chi connectivity index (χ3n) is 5.75. The van der Waals surface area contributed by atoms with Crippen molar-refractivity contribution in [2.45, 2.75) is 32.5 Å². The number of carbonyl (C=O) groups excluding carboxylic acids is 1. The first-order valence-electron chi connectivity index (χ1n) is 9.48. The number of carbonyl (C=O) groups is 1. The molecule has 1 aliphatic carbocycles. The van der Waals surface area contributed by atoms with Gasteiger partial charge in [0.2, 0.25) is 5.91 Å². The van der Waals surface area contributed by atoms with Crippen LogP contribution < -0.4 is 10.6 Å². The van der Waals surface area contributed by atoms with Gasteiger partial charge >= 0.3 is 0 Å². The number of anilines is 1. The van der Waals surface area contributed by atoms with E-state index in [1.807, 2.05) is 42.5 Å². The number of hydrogen-bond donors (Lipinski definition) is 2. The van der Waals surface area contributed by atoms with Gasteiger partial charge in [0.25, 0.3) is 0 Å². The van der Waals surface area contributed by atoms with Crippen molar-refractivity contribution in [2.75, 3.05) is 18.4 Å². The zero-order valence-corrected chi connectivity index (χ0v) is 15.0. The Morgan fingerprint density at radius 3 is 2.58 bits per heavy atom. The van der Waals surface area contributed by atoms with Crippen LogP contribution in [0.3, 0.4) is 0 Å². The fourth-order valence-corrected chi connectivity index (χ4v) is 4.04. The van der Waals surface area contributed by atoms with Crippen LogP contribution in [0.4, 0.5) is 5.69 Å². The van der Waals surface area contributed by atoms with Gasteiger partial charge in [-0.05, 0) is 49.4 Å². The Morgan fingerprint density at radius 2 is 1.77 bits per heavy atom. The molecule has 136 valence electrons. The fraction of sp³-hybridized carbons (Fsp3) is 0.409. The average molecular weight is 350 g/mol. The molecule has 1 spiro atoms. The summed E-state index contributed by atoms with van der Waals surface area (Å²) in [5.41, 5.74) is 3.31. The monoisotopic (exact) mass is 350 g/mol. The number of ether oxygens (including phenoxy) is 1. The van der Waals surface area contributed by atoms with Gasteiger partial charge < -0.3 is 15.4 Å². The topological polar surface area (TPSA) is 50.4 Å². The van der Waals surface area contributed by atoms with E-state index in [1.165, 1.54) is 0 Å². The van der Waals surface area contributed by atoms with E-state index in [-0.39, 0.29) is 17.2 Å². The summed E-state index contributed by atoms with van der Waals surface area (Å²) in [5, 5.41) is 6.54. The van der Waals surface area contributed by atoms with Crippen molar-refractivity contribution in [3.8, 4) is 0 Å². The van der Waals surface area contributed by atoms with Crippen molar-refractivity contribution in [1.29, 1.82) is 0 Å². The third kappa shape index (κ3) is 3.81. The molecular formula is C22H26N2O2. The molecule has 4 heteroatoms. The van der Waals surface area contributed by atoms with Crippen LogP contribution in [0.15, 0.2) is 54.6 Å². The van der Waals surface area contributed by atoms with E-state index in [0.717, 1.165) is 49.2 Å². The van der Waals surface area contributed by atoms with Crippen molar-refractivity contribution in [2.24, 2.45) is 11.3 Å². The van der Waals surface area contributed by atoms with Gasteiger partial charge in [-0.15, -0.1) is 0 Å². The van der Waals surface area contributed by atoms with Crippen molar-refractivity contribution in [3.05, 3.63) is 65.7 Å². The summed E-state index contributed by atoms with van der Waals surface area (Å²) in [6.45, 7) is 3.13. The van der Waals surface area contributed by atoms with Crippen molar-refractivity contribution < 1.29 is 9.53 Å². The summed E-state index contributed by atoms with van der Waals surface area (Å²) in [6.07, 6.45) is 3.27. The van der Waals surface area contributed by atoms with Gasteiger partial charge in [0.1, 0.15) is 0 Å². The molecule has 2 aromatic rings. The second-order valence-corrected chi connectivity index (χ2v) is 7.49. The van der Waals surface area contributed by atoms with Gasteiger partial charge in [0.15, 0.2) is 0 Å². The highest BCUT2D eigenvalue weighted by molar-refractivity contribution is 5.95. The average Bonchev–Trinajstić information content (AvgIpc) is 3.37. The smallest absolute Gasteiger partial charge is 0.228 e. The third-order valence-corrected chi connectivity index (χ3v) is 5.75. The highest BCUT2D eigenvalue weighted by Crippen LogP contribution is 2.58. The molecule has 1 unspecified atom stereocenters. The van der Waals surface area contributed by atoms with Crippen LogP contribution in [0.25, 0.3) is 0 Å². The maximum Gasteiger partial charge on any atom is 0.228 e. The lowest BCUT2D eigenvalue weighted by molar-refractivity contribution is -0.118. The largest absolute Gasteiger partial charge is 0.372 e. The van der Waals surface area contributed by atoms with E-state index in [9.17, 15) is 4.79 Å². The van der Waals surface area contributed by atoms with E-state index in [0.29, 0.717) is 13.2 Å². The number of nitrogens with one attached hydrogen (secondary N) is 2. The first kappa shape index (κ1) is 17.3. The lowest BCUT2D eigenvalue weighted by atomic mass is 9.91. The zero-order chi connectivity index (χ0) is 17.8. The zero-order valence-electron chi connectivity index (χ0n) is 15.0. The highest BCUT2D eigenvalue weighted by Gasteiger charge is 2.57. The first-order chi connectivity index (χ1) is 12.8. The molecule has 1 atom stereocenters. The van der Waals surface area contributed by atoms with Crippen LogP contribution in [0.2, 0.25) is 0 Å². The molecule has 1 saturated carbocycles. The van der Waals surface area contributed by atoms with Crippen molar-refractivity contribution in [3.63, 3.8) is 0 Å². The van der Waals surface area contributed by atoms with Gasteiger partial charge in [-0.2, -0.15) is 0 Å². The maximum atomic E-state index is 12.7. The van der Waals surface area contributed by atoms with Crippen LogP contribution >= 0.6 is 0 Å². The summed E-state index contributed by atoms with van der Waals surface area (Å²) in [4.78, 5) is 12.7. The number of hydrogen-bond acceptors (Lipinski definition) is 3. The summed E-state index contributed by atoms with van der Waals surface area (Å²) in [5.74, 6) is 0.338. The number of para-hydroxylation sites is 1. The van der Waals surface area contributed by atoms with Crippen LogP contribution in [0, 0.1) is 11.3 Å². The fourth-order valence-electron chi connectivity index (χ4n) is 4.04. The minimum Gasteiger partial charge on any atom is -0.372 e.